The fourth-order valence-corrected chi connectivity index (χ4v) is 0. The van der Waals surface area contributed by atoms with Gasteiger partial charge in [0.25, 0.3) is 6.26 Å². The average molecular weight is 161 g/mol. The molecular formula is CH4InNO. The van der Waals surface area contributed by atoms with Crippen molar-refractivity contribution in [2.45, 2.75) is 0 Å². The third-order valence-corrected chi connectivity index (χ3v) is 0. The predicted molar refractivity (Wildman–Crippen MR) is 17.5 cm³/mol. The molecule has 0 rings (SSSR count). The normalized spacial score (nSPS) is 1.75. The van der Waals surface area contributed by atoms with Crippen LogP contribution in [0.5, 0.6) is 0 Å². The van der Waals surface area contributed by atoms with Crippen molar-refractivity contribution < 1.29 is 5.11 Å². The van der Waals surface area contributed by atoms with Gasteiger partial charge in [0, 0.05) is 0 Å². The van der Waals surface area contributed by atoms with Gasteiger partial charge in [-0.15, -0.1) is 0 Å². The first-order valence-corrected chi connectivity index (χ1v) is 0.447. The number of hydrogen-bond acceptors (Lipinski definition) is 2. The molecule has 0 atom stereocenters. The Hall–Kier alpha value is 0.160. The molecule has 0 spiro atoms. The zero-order valence-electron chi connectivity index (χ0n) is 1.39. The molecule has 0 aliphatic carbocycles. The molecule has 0 heterocycles. The molecule has 0 aromatic heterocycles. The van der Waals surface area contributed by atoms with Crippen LogP contribution in [-0.4, -0.2) is 30.9 Å². The Bertz CT molecular complexity index is 29.5. The van der Waals surface area contributed by atoms with Gasteiger partial charge in [0.15, 0.2) is 0 Å². The number of nitriles is 1. The minimum absolute atomic E-state index is 0. The number of aliphatic hydroxyl groups is 1. The Labute approximate surface area is 42.8 Å². The van der Waals surface area contributed by atoms with Crippen molar-refractivity contribution in [3.63, 3.8) is 0 Å². The van der Waals surface area contributed by atoms with Gasteiger partial charge in [-0.25, -0.2) is 0 Å². The van der Waals surface area contributed by atoms with Gasteiger partial charge in [-0.05, 0) is 0 Å². The second-order valence-electron chi connectivity index (χ2n) is 0.100. The second kappa shape index (κ2) is 11.0. The van der Waals surface area contributed by atoms with Crippen LogP contribution in [0.15, 0.2) is 0 Å². The molecule has 0 bridgehead atoms. The van der Waals surface area contributed by atoms with Gasteiger partial charge in [0.05, 0.1) is 0 Å². The summed E-state index contributed by atoms with van der Waals surface area (Å²) in [7, 11) is 0. The summed E-state index contributed by atoms with van der Waals surface area (Å²) in [5.41, 5.74) is 0. The van der Waals surface area contributed by atoms with Crippen LogP contribution >= 0.6 is 0 Å². The molecule has 2 nitrogen and oxygen atoms in total. The van der Waals surface area contributed by atoms with E-state index in [4.69, 9.17) is 10.4 Å². The fourth-order valence-electron chi connectivity index (χ4n) is 0. The van der Waals surface area contributed by atoms with Crippen molar-refractivity contribution in [3.05, 3.63) is 0 Å². The molecule has 0 radical (unpaired) electrons. The van der Waals surface area contributed by atoms with Crippen LogP contribution in [0.3, 0.4) is 0 Å². The standard InChI is InChI=1S/CHNO.In.3H/c2-1-3;;;;/h3H;;;;. The van der Waals surface area contributed by atoms with Gasteiger partial charge < -0.3 is 5.11 Å². The van der Waals surface area contributed by atoms with E-state index in [1.165, 1.54) is 0 Å². The molecule has 3 heteroatoms. The zero-order valence-corrected chi connectivity index (χ0v) is 1.39. The van der Waals surface area contributed by atoms with E-state index < -0.39 is 0 Å². The van der Waals surface area contributed by atoms with Crippen LogP contribution in [0, 0.1) is 11.5 Å². The van der Waals surface area contributed by atoms with Crippen LogP contribution in [0.1, 0.15) is 0 Å². The van der Waals surface area contributed by atoms with Crippen molar-refractivity contribution in [2.75, 3.05) is 0 Å². The van der Waals surface area contributed by atoms with Crippen LogP contribution in [0.2, 0.25) is 0 Å². The molecule has 0 aromatic rings. The molecule has 4 heavy (non-hydrogen) atoms. The van der Waals surface area contributed by atoms with Crippen molar-refractivity contribution in [1.29, 1.82) is 5.26 Å². The summed E-state index contributed by atoms with van der Waals surface area (Å²) in [4.78, 5) is 0. The third-order valence-electron chi connectivity index (χ3n) is 0. The van der Waals surface area contributed by atoms with Crippen molar-refractivity contribution in [1.82, 2.24) is 0 Å². The summed E-state index contributed by atoms with van der Waals surface area (Å²) < 4.78 is 0. The molecule has 0 saturated carbocycles. The van der Waals surface area contributed by atoms with Crippen molar-refractivity contribution in [2.24, 2.45) is 0 Å². The first-order chi connectivity index (χ1) is 1.41. The zero-order chi connectivity index (χ0) is 2.71. The van der Waals surface area contributed by atoms with E-state index in [9.17, 15) is 0 Å². The van der Waals surface area contributed by atoms with Gasteiger partial charge in [-0.3, -0.25) is 0 Å². The molecule has 0 aliphatic heterocycles. The summed E-state index contributed by atoms with van der Waals surface area (Å²) in [6.45, 7) is 0. The van der Waals surface area contributed by atoms with Gasteiger partial charge in [-0.2, -0.15) is 5.26 Å². The average Bonchev–Trinajstić information content (AvgIpc) is 0.918. The maximum atomic E-state index is 6.88. The number of rotatable bonds is 0. The molecule has 0 saturated heterocycles. The molecule has 1 N–H and O–H groups in total. The van der Waals surface area contributed by atoms with Gasteiger partial charge in [0.1, 0.15) is 0 Å². The monoisotopic (exact) mass is 161 g/mol. The second-order valence-corrected chi connectivity index (χ2v) is 0.100. The van der Waals surface area contributed by atoms with E-state index in [0.29, 0.717) is 0 Å². The Morgan fingerprint density at radius 1 is 1.75 bits per heavy atom. The van der Waals surface area contributed by atoms with Crippen LogP contribution < -0.4 is 0 Å². The fraction of sp³-hybridized carbons (Fsp3) is 0. The SMILES string of the molecule is N#CO.[InH3]. The summed E-state index contributed by atoms with van der Waals surface area (Å²) in [6, 6.07) is 0. The summed E-state index contributed by atoms with van der Waals surface area (Å²) in [5.74, 6) is 0. The summed E-state index contributed by atoms with van der Waals surface area (Å²) in [5, 5.41) is 13.8. The van der Waals surface area contributed by atoms with E-state index in [1.54, 1.807) is 0 Å². The van der Waals surface area contributed by atoms with E-state index in [0.717, 1.165) is 6.26 Å². The molecule has 22 valence electrons. The molecule has 0 aromatic carbocycles. The quantitative estimate of drug-likeness (QED) is 0.446. The minimum atomic E-state index is 0. The molecule has 0 unspecified atom stereocenters. The van der Waals surface area contributed by atoms with E-state index in [-0.39, 0.29) is 25.8 Å². The van der Waals surface area contributed by atoms with Crippen molar-refractivity contribution in [3.8, 4) is 6.26 Å². The Morgan fingerprint density at radius 2 is 1.75 bits per heavy atom. The Kier molecular flexibility index (Phi) is 24.4. The Balaban J connectivity index is 0. The molecular weight excluding hydrogens is 157 g/mol. The van der Waals surface area contributed by atoms with Crippen LogP contribution in [-0.2, 0) is 0 Å². The molecule has 0 amide bonds. The van der Waals surface area contributed by atoms with Crippen LogP contribution in [0.4, 0.5) is 0 Å². The maximum absolute atomic E-state index is 6.88. The third kappa shape index (κ3) is 113. The predicted octanol–water partition coefficient (Wildman–Crippen LogP) is -1.34. The van der Waals surface area contributed by atoms with Crippen molar-refractivity contribution >= 4 is 25.8 Å². The van der Waals surface area contributed by atoms with E-state index in [2.05, 4.69) is 0 Å². The topological polar surface area (TPSA) is 44.0 Å². The van der Waals surface area contributed by atoms with E-state index >= 15 is 0 Å². The number of nitrogens with zero attached hydrogens (tertiary/aromatic N) is 1. The van der Waals surface area contributed by atoms with Gasteiger partial charge >= 0.3 is 25.8 Å². The molecule has 0 fully saturated rings. The first-order valence-electron chi connectivity index (χ1n) is 0.447. The summed E-state index contributed by atoms with van der Waals surface area (Å²) in [6.07, 6.45) is 0.750. The number of aliphatic hydroxyl groups excluding tert-OH is 1. The van der Waals surface area contributed by atoms with Crippen LogP contribution in [0.25, 0.3) is 0 Å². The van der Waals surface area contributed by atoms with E-state index in [1.807, 2.05) is 0 Å². The summed E-state index contributed by atoms with van der Waals surface area (Å²) >= 11 is 0. The van der Waals surface area contributed by atoms with Gasteiger partial charge in [0.2, 0.25) is 0 Å². The Morgan fingerprint density at radius 3 is 1.75 bits per heavy atom. The number of hydrogen-bond donors (Lipinski definition) is 1. The molecule has 0 aliphatic rings. The first kappa shape index (κ1) is 8.90. The van der Waals surface area contributed by atoms with Gasteiger partial charge in [-0.1, -0.05) is 0 Å².